The molecule has 0 bridgehead atoms. The van der Waals surface area contributed by atoms with Gasteiger partial charge < -0.3 is 20.1 Å². The third-order valence-corrected chi connectivity index (χ3v) is 7.19. The first-order valence-electron chi connectivity index (χ1n) is 11.8. The molecular weight excluding hydrogens is 492 g/mol. The summed E-state index contributed by atoms with van der Waals surface area (Å²) in [4.78, 5) is 11.2. The highest BCUT2D eigenvalue weighted by molar-refractivity contribution is 7.88. The normalized spacial score (nSPS) is 21.0. The number of benzene rings is 1. The van der Waals surface area contributed by atoms with Crippen LogP contribution in [0, 0.1) is 0 Å². The number of nitrogens with one attached hydrogen (secondary N) is 3. The molecule has 2 atom stereocenters. The fraction of sp³-hybridized carbons (Fsp3) is 0.565. The summed E-state index contributed by atoms with van der Waals surface area (Å²) in [6.45, 7) is 3.74. The molecule has 1 aliphatic carbocycles. The van der Waals surface area contributed by atoms with Gasteiger partial charge in [0.1, 0.15) is 17.4 Å². The zero-order valence-corrected chi connectivity index (χ0v) is 21.7. The molecule has 2 aromatic rings. The van der Waals surface area contributed by atoms with Crippen molar-refractivity contribution in [1.82, 2.24) is 19.6 Å². The lowest BCUT2D eigenvalue weighted by atomic mass is 9.91. The Morgan fingerprint density at radius 2 is 2.06 bits per heavy atom. The van der Waals surface area contributed by atoms with Crippen LogP contribution in [0.3, 0.4) is 0 Å². The Bertz CT molecular complexity index is 1120. The molecular formula is C23H33ClN6O4S. The number of hydrogen-bond acceptors (Lipinski definition) is 9. The number of nitrogens with zero attached hydrogens (tertiary/aromatic N) is 3. The molecule has 2 aliphatic rings. The molecule has 0 amide bonds. The Kier molecular flexibility index (Phi) is 8.66. The van der Waals surface area contributed by atoms with Crippen LogP contribution in [-0.2, 0) is 21.3 Å². The minimum absolute atomic E-state index is 0.110. The van der Waals surface area contributed by atoms with E-state index < -0.39 is 10.0 Å². The van der Waals surface area contributed by atoms with Gasteiger partial charge in [-0.2, -0.15) is 4.98 Å². The predicted octanol–water partition coefficient (Wildman–Crippen LogP) is 2.99. The molecule has 35 heavy (non-hydrogen) atoms. The molecule has 0 radical (unpaired) electrons. The number of halogens is 1. The lowest BCUT2D eigenvalue weighted by Crippen LogP contribution is -2.48. The van der Waals surface area contributed by atoms with Gasteiger partial charge in [0.2, 0.25) is 16.0 Å². The van der Waals surface area contributed by atoms with E-state index in [9.17, 15) is 8.42 Å². The Morgan fingerprint density at radius 3 is 2.83 bits per heavy atom. The first kappa shape index (κ1) is 25.9. The summed E-state index contributed by atoms with van der Waals surface area (Å²) < 4.78 is 37.5. The number of aromatic nitrogens is 2. The van der Waals surface area contributed by atoms with Crippen LogP contribution in [0.5, 0.6) is 5.75 Å². The first-order valence-corrected chi connectivity index (χ1v) is 14.1. The molecule has 0 unspecified atom stereocenters. The van der Waals surface area contributed by atoms with Gasteiger partial charge in [0.25, 0.3) is 0 Å². The van der Waals surface area contributed by atoms with Crippen LogP contribution in [0.15, 0.2) is 24.4 Å². The summed E-state index contributed by atoms with van der Waals surface area (Å²) in [5, 5.41) is 6.98. The molecule has 1 fully saturated rings. The number of sulfonamides is 1. The standard InChI is InChI=1S/C23H33ClN6O4S/c1-33-11-9-30-10-12-34-21-8-7-17(13-16(21)15-30)26-23-25-14-18(24)22(28-23)27-19-5-3-4-6-20(19)29-35(2,31)32/h7-8,13-14,19-20,29H,3-6,9-12,15H2,1-2H3,(H2,25,26,27,28)/t19-,20-/m1/s1. The van der Waals surface area contributed by atoms with Crippen LogP contribution >= 0.6 is 11.6 Å². The topological polar surface area (TPSA) is 118 Å². The molecule has 10 nitrogen and oxygen atoms in total. The molecule has 1 saturated carbocycles. The summed E-state index contributed by atoms with van der Waals surface area (Å²) >= 11 is 6.38. The van der Waals surface area contributed by atoms with Crippen LogP contribution in [0.1, 0.15) is 31.2 Å². The zero-order valence-electron chi connectivity index (χ0n) is 20.1. The number of hydrogen-bond donors (Lipinski definition) is 3. The lowest BCUT2D eigenvalue weighted by Gasteiger charge is -2.32. The van der Waals surface area contributed by atoms with E-state index in [0.717, 1.165) is 62.3 Å². The molecule has 12 heteroatoms. The highest BCUT2D eigenvalue weighted by atomic mass is 35.5. The van der Waals surface area contributed by atoms with Crippen molar-refractivity contribution >= 4 is 39.1 Å². The zero-order chi connectivity index (χ0) is 24.8. The third kappa shape index (κ3) is 7.40. The Hall–Kier alpha value is -2.18. The van der Waals surface area contributed by atoms with Crippen molar-refractivity contribution in [3.63, 3.8) is 0 Å². The van der Waals surface area contributed by atoms with Gasteiger partial charge in [-0.3, -0.25) is 4.90 Å². The number of anilines is 3. The van der Waals surface area contributed by atoms with Crippen LogP contribution in [-0.4, -0.2) is 75.0 Å². The molecule has 1 aromatic heterocycles. The second-order valence-corrected chi connectivity index (χ2v) is 11.2. The highest BCUT2D eigenvalue weighted by Crippen LogP contribution is 2.29. The molecule has 2 heterocycles. The summed E-state index contributed by atoms with van der Waals surface area (Å²) in [5.74, 6) is 1.74. The number of methoxy groups -OCH3 is 1. The van der Waals surface area contributed by atoms with E-state index in [1.165, 1.54) is 6.26 Å². The van der Waals surface area contributed by atoms with Gasteiger partial charge >= 0.3 is 0 Å². The van der Waals surface area contributed by atoms with Crippen molar-refractivity contribution in [2.24, 2.45) is 0 Å². The average molecular weight is 525 g/mol. The van der Waals surface area contributed by atoms with E-state index in [1.54, 1.807) is 13.3 Å². The van der Waals surface area contributed by atoms with Crippen molar-refractivity contribution in [2.75, 3.05) is 50.3 Å². The molecule has 0 spiro atoms. The number of ether oxygens (including phenoxy) is 2. The van der Waals surface area contributed by atoms with Gasteiger partial charge in [0, 0.05) is 50.1 Å². The Labute approximate surface area is 211 Å². The molecule has 4 rings (SSSR count). The fourth-order valence-corrected chi connectivity index (χ4v) is 5.47. The maximum atomic E-state index is 11.8. The van der Waals surface area contributed by atoms with Crippen molar-refractivity contribution in [2.45, 2.75) is 44.3 Å². The monoisotopic (exact) mass is 524 g/mol. The van der Waals surface area contributed by atoms with E-state index in [2.05, 4.69) is 30.2 Å². The number of rotatable bonds is 9. The minimum Gasteiger partial charge on any atom is -0.492 e. The van der Waals surface area contributed by atoms with Crippen LogP contribution in [0.25, 0.3) is 0 Å². The van der Waals surface area contributed by atoms with E-state index in [-0.39, 0.29) is 12.1 Å². The molecule has 1 aromatic carbocycles. The van der Waals surface area contributed by atoms with Crippen LogP contribution in [0.4, 0.5) is 17.5 Å². The summed E-state index contributed by atoms with van der Waals surface area (Å²) in [6.07, 6.45) is 6.28. The van der Waals surface area contributed by atoms with Crippen molar-refractivity contribution in [3.05, 3.63) is 35.0 Å². The second-order valence-electron chi connectivity index (χ2n) is 8.99. The quantitative estimate of drug-likeness (QED) is 0.455. The molecule has 0 saturated heterocycles. The second kappa shape index (κ2) is 11.7. The summed E-state index contributed by atoms with van der Waals surface area (Å²) in [7, 11) is -1.61. The van der Waals surface area contributed by atoms with Crippen molar-refractivity contribution < 1.29 is 17.9 Å². The first-order chi connectivity index (χ1) is 16.8. The maximum Gasteiger partial charge on any atom is 0.229 e. The Morgan fingerprint density at radius 1 is 1.26 bits per heavy atom. The van der Waals surface area contributed by atoms with E-state index in [1.807, 2.05) is 18.2 Å². The van der Waals surface area contributed by atoms with Crippen molar-refractivity contribution in [3.8, 4) is 5.75 Å². The summed E-state index contributed by atoms with van der Waals surface area (Å²) in [5.41, 5.74) is 1.91. The van der Waals surface area contributed by atoms with Crippen LogP contribution in [0.2, 0.25) is 5.02 Å². The third-order valence-electron chi connectivity index (χ3n) is 6.18. The van der Waals surface area contributed by atoms with E-state index in [4.69, 9.17) is 21.1 Å². The summed E-state index contributed by atoms with van der Waals surface area (Å²) in [6, 6.07) is 5.60. The van der Waals surface area contributed by atoms with Crippen molar-refractivity contribution in [1.29, 1.82) is 0 Å². The Balaban J connectivity index is 1.48. The number of fused-ring (bicyclic) bond motifs is 1. The fourth-order valence-electron chi connectivity index (χ4n) is 4.49. The molecule has 3 N–H and O–H groups in total. The van der Waals surface area contributed by atoms with E-state index >= 15 is 0 Å². The van der Waals surface area contributed by atoms with Gasteiger partial charge in [0.05, 0.1) is 19.1 Å². The lowest BCUT2D eigenvalue weighted by molar-refractivity contribution is 0.138. The predicted molar refractivity (Wildman–Crippen MR) is 137 cm³/mol. The van der Waals surface area contributed by atoms with E-state index in [0.29, 0.717) is 30.0 Å². The largest absolute Gasteiger partial charge is 0.492 e. The van der Waals surface area contributed by atoms with Gasteiger partial charge in [0.15, 0.2) is 5.82 Å². The average Bonchev–Trinajstić information content (AvgIpc) is 3.01. The van der Waals surface area contributed by atoms with Gasteiger partial charge in [-0.05, 0) is 31.0 Å². The minimum atomic E-state index is -3.32. The maximum absolute atomic E-state index is 11.8. The van der Waals surface area contributed by atoms with Gasteiger partial charge in [-0.15, -0.1) is 0 Å². The molecule has 1 aliphatic heterocycles. The van der Waals surface area contributed by atoms with Crippen LogP contribution < -0.4 is 20.1 Å². The van der Waals surface area contributed by atoms with Gasteiger partial charge in [-0.1, -0.05) is 24.4 Å². The SMILES string of the molecule is COCCN1CCOc2ccc(Nc3ncc(Cl)c(N[C@@H]4CCCC[C@H]4NS(C)(=O)=O)n3)cc2C1. The molecule has 192 valence electrons. The highest BCUT2D eigenvalue weighted by Gasteiger charge is 2.28. The smallest absolute Gasteiger partial charge is 0.229 e. The van der Waals surface area contributed by atoms with Gasteiger partial charge in [-0.25, -0.2) is 18.1 Å².